The number of carbonyl (C=O) groups is 1. The zero-order valence-electron chi connectivity index (χ0n) is 22.0. The summed E-state index contributed by atoms with van der Waals surface area (Å²) in [6.45, 7) is 8.99. The van der Waals surface area contributed by atoms with Gasteiger partial charge in [0.1, 0.15) is 5.75 Å². The van der Waals surface area contributed by atoms with E-state index in [1.807, 2.05) is 35.2 Å². The first-order valence-corrected chi connectivity index (χ1v) is 13.2. The van der Waals surface area contributed by atoms with E-state index in [-0.39, 0.29) is 28.7 Å². The zero-order valence-corrected chi connectivity index (χ0v) is 22.8. The molecule has 1 amide bonds. The molecular weight excluding hydrogens is 488 g/mol. The highest BCUT2D eigenvalue weighted by atomic mass is 35.5. The van der Waals surface area contributed by atoms with Gasteiger partial charge in [-0.3, -0.25) is 9.59 Å². The highest BCUT2D eigenvalue weighted by Gasteiger charge is 2.22. The van der Waals surface area contributed by atoms with E-state index < -0.39 is 0 Å². The number of carbonyl (C=O) groups excluding carboxylic acids is 1. The second-order valence-corrected chi connectivity index (χ2v) is 11.3. The number of nitrogens with one attached hydrogen (secondary N) is 2. The fraction of sp³-hybridized carbons (Fsp3) is 0.448. The van der Waals surface area contributed by atoms with Crippen LogP contribution in [0.25, 0.3) is 10.9 Å². The molecule has 0 saturated carbocycles. The van der Waals surface area contributed by atoms with Crippen molar-refractivity contribution in [1.82, 2.24) is 15.2 Å². The van der Waals surface area contributed by atoms with Crippen molar-refractivity contribution < 1.29 is 9.90 Å². The summed E-state index contributed by atoms with van der Waals surface area (Å²) in [6.07, 6.45) is 2.55. The summed E-state index contributed by atoms with van der Waals surface area (Å²) in [5.41, 5.74) is 8.68. The highest BCUT2D eigenvalue weighted by molar-refractivity contribution is 6.30. The van der Waals surface area contributed by atoms with Crippen LogP contribution in [0.3, 0.4) is 0 Å². The molecule has 0 radical (unpaired) electrons. The Bertz CT molecular complexity index is 1250. The Morgan fingerprint density at radius 3 is 2.65 bits per heavy atom. The molecule has 5 N–H and O–H groups in total. The Morgan fingerprint density at radius 1 is 1.14 bits per heavy atom. The molecule has 1 heterocycles. The Kier molecular flexibility index (Phi) is 10.1. The van der Waals surface area contributed by atoms with Gasteiger partial charge in [-0.25, -0.2) is 0 Å². The molecule has 3 rings (SSSR count). The molecule has 0 fully saturated rings. The number of rotatable bonds is 12. The maximum Gasteiger partial charge on any atom is 0.248 e. The van der Waals surface area contributed by atoms with E-state index in [4.69, 9.17) is 17.3 Å². The smallest absolute Gasteiger partial charge is 0.248 e. The van der Waals surface area contributed by atoms with Gasteiger partial charge in [0.05, 0.1) is 5.52 Å². The average Bonchev–Trinajstić information content (AvgIpc) is 2.82. The molecular formula is C29H39ClN4O3. The standard InChI is InChI=1S/C29H39ClN4O3/c1-29(2,3)19-34(27(37)18-23(31)9-7-20-5-4-6-22(30)17-20)16-15-32-14-13-21-8-11-25(35)28-24(21)10-12-26(36)33-28/h4-6,8,10-12,17,23,32,35H,7,9,13-16,18-19,31H2,1-3H3,(H,33,36). The molecule has 3 aromatic rings. The van der Waals surface area contributed by atoms with Gasteiger partial charge in [0.2, 0.25) is 11.5 Å². The number of hydrogen-bond acceptors (Lipinski definition) is 5. The van der Waals surface area contributed by atoms with Crippen LogP contribution < -0.4 is 16.6 Å². The van der Waals surface area contributed by atoms with Gasteiger partial charge >= 0.3 is 0 Å². The van der Waals surface area contributed by atoms with Crippen molar-refractivity contribution in [1.29, 1.82) is 0 Å². The van der Waals surface area contributed by atoms with Crippen LogP contribution in [-0.4, -0.2) is 53.1 Å². The number of aromatic amines is 1. The summed E-state index contributed by atoms with van der Waals surface area (Å²) in [7, 11) is 0. The quantitative estimate of drug-likeness (QED) is 0.264. The third-order valence-electron chi connectivity index (χ3n) is 6.24. The van der Waals surface area contributed by atoms with Crippen molar-refractivity contribution in [3.63, 3.8) is 0 Å². The second kappa shape index (κ2) is 13.1. The van der Waals surface area contributed by atoms with Gasteiger partial charge in [-0.15, -0.1) is 0 Å². The molecule has 0 aliphatic heterocycles. The predicted molar refractivity (Wildman–Crippen MR) is 151 cm³/mol. The van der Waals surface area contributed by atoms with Crippen LogP contribution in [0.5, 0.6) is 5.75 Å². The largest absolute Gasteiger partial charge is 0.506 e. The number of phenols is 1. The highest BCUT2D eigenvalue weighted by Crippen LogP contribution is 2.25. The monoisotopic (exact) mass is 526 g/mol. The summed E-state index contributed by atoms with van der Waals surface area (Å²) in [6, 6.07) is 14.2. The Balaban J connectivity index is 1.50. The molecule has 37 heavy (non-hydrogen) atoms. The fourth-order valence-corrected chi connectivity index (χ4v) is 4.65. The Morgan fingerprint density at radius 2 is 1.92 bits per heavy atom. The first kappa shape index (κ1) is 28.7. The predicted octanol–water partition coefficient (Wildman–Crippen LogP) is 4.24. The SMILES string of the molecule is CC(C)(C)CN(CCNCCc1ccc(O)c2[nH]c(=O)ccc12)C(=O)CC(N)CCc1cccc(Cl)c1. The zero-order chi connectivity index (χ0) is 27.0. The fourth-order valence-electron chi connectivity index (χ4n) is 4.44. The molecule has 2 aromatic carbocycles. The first-order chi connectivity index (χ1) is 17.5. The summed E-state index contributed by atoms with van der Waals surface area (Å²) in [4.78, 5) is 29.4. The van der Waals surface area contributed by atoms with Crippen molar-refractivity contribution in [2.45, 2.75) is 52.5 Å². The van der Waals surface area contributed by atoms with Crippen LogP contribution >= 0.6 is 11.6 Å². The molecule has 0 aliphatic carbocycles. The molecule has 0 saturated heterocycles. The maximum absolute atomic E-state index is 13.1. The number of fused-ring (bicyclic) bond motifs is 1. The van der Waals surface area contributed by atoms with Crippen LogP contribution in [0.2, 0.25) is 5.02 Å². The van der Waals surface area contributed by atoms with Crippen LogP contribution in [0.1, 0.15) is 44.7 Å². The minimum absolute atomic E-state index is 0.0254. The summed E-state index contributed by atoms with van der Waals surface area (Å²) < 4.78 is 0. The van der Waals surface area contributed by atoms with Gasteiger partial charge in [-0.05, 0) is 66.6 Å². The number of nitrogens with zero attached hydrogens (tertiary/aromatic N) is 1. The van der Waals surface area contributed by atoms with E-state index in [0.717, 1.165) is 35.8 Å². The molecule has 0 spiro atoms. The number of aryl methyl sites for hydroxylation is 1. The topological polar surface area (TPSA) is 111 Å². The summed E-state index contributed by atoms with van der Waals surface area (Å²) in [5.74, 6) is 0.135. The number of hydrogen-bond donors (Lipinski definition) is 4. The van der Waals surface area contributed by atoms with E-state index in [0.29, 0.717) is 43.1 Å². The third-order valence-corrected chi connectivity index (χ3v) is 6.48. The van der Waals surface area contributed by atoms with Gasteiger partial charge in [0, 0.05) is 48.6 Å². The first-order valence-electron chi connectivity index (χ1n) is 12.8. The Hall–Kier alpha value is -2.87. The molecule has 200 valence electrons. The number of halogens is 1. The maximum atomic E-state index is 13.1. The van der Waals surface area contributed by atoms with E-state index in [2.05, 4.69) is 31.1 Å². The molecule has 0 bridgehead atoms. The number of pyridine rings is 1. The summed E-state index contributed by atoms with van der Waals surface area (Å²) >= 11 is 6.07. The van der Waals surface area contributed by atoms with Gasteiger partial charge in [-0.2, -0.15) is 0 Å². The van der Waals surface area contributed by atoms with Gasteiger partial charge in [0.25, 0.3) is 0 Å². The van der Waals surface area contributed by atoms with Crippen LogP contribution in [0.15, 0.2) is 53.3 Å². The van der Waals surface area contributed by atoms with Gasteiger partial charge in [-0.1, -0.05) is 50.6 Å². The molecule has 1 atom stereocenters. The van der Waals surface area contributed by atoms with Crippen LogP contribution in [0.4, 0.5) is 0 Å². The molecule has 8 heteroatoms. The van der Waals surface area contributed by atoms with E-state index in [9.17, 15) is 14.7 Å². The molecule has 1 aromatic heterocycles. The number of amides is 1. The van der Waals surface area contributed by atoms with Gasteiger partial charge < -0.3 is 26.0 Å². The van der Waals surface area contributed by atoms with E-state index in [1.54, 1.807) is 12.1 Å². The van der Waals surface area contributed by atoms with Crippen molar-refractivity contribution in [3.8, 4) is 5.75 Å². The lowest BCUT2D eigenvalue weighted by atomic mass is 9.95. The average molecular weight is 527 g/mol. The van der Waals surface area contributed by atoms with Crippen LogP contribution in [0, 0.1) is 5.41 Å². The van der Waals surface area contributed by atoms with Crippen molar-refractivity contribution in [2.75, 3.05) is 26.2 Å². The number of phenolic OH excluding ortho intramolecular Hbond substituents is 1. The van der Waals surface area contributed by atoms with Crippen molar-refractivity contribution >= 4 is 28.4 Å². The number of aromatic hydroxyl groups is 1. The molecule has 0 aliphatic rings. The van der Waals surface area contributed by atoms with Crippen molar-refractivity contribution in [3.05, 3.63) is 75.0 Å². The van der Waals surface area contributed by atoms with E-state index >= 15 is 0 Å². The van der Waals surface area contributed by atoms with Gasteiger partial charge in [0.15, 0.2) is 0 Å². The number of aromatic nitrogens is 1. The number of benzene rings is 2. The lowest BCUT2D eigenvalue weighted by molar-refractivity contribution is -0.132. The molecule has 7 nitrogen and oxygen atoms in total. The minimum atomic E-state index is -0.245. The number of H-pyrrole nitrogens is 1. The second-order valence-electron chi connectivity index (χ2n) is 10.9. The molecule has 1 unspecified atom stereocenters. The lowest BCUT2D eigenvalue weighted by Crippen LogP contribution is -2.43. The minimum Gasteiger partial charge on any atom is -0.506 e. The van der Waals surface area contributed by atoms with Crippen LogP contribution in [-0.2, 0) is 17.6 Å². The Labute approximate surface area is 224 Å². The normalized spacial score (nSPS) is 12.6. The summed E-state index contributed by atoms with van der Waals surface area (Å²) in [5, 5.41) is 15.0. The lowest BCUT2D eigenvalue weighted by Gasteiger charge is -2.31. The third kappa shape index (κ3) is 9.18. The van der Waals surface area contributed by atoms with E-state index in [1.165, 1.54) is 6.07 Å². The van der Waals surface area contributed by atoms with Crippen molar-refractivity contribution in [2.24, 2.45) is 11.1 Å². The number of nitrogens with two attached hydrogens (primary N) is 1.